The second-order valence-corrected chi connectivity index (χ2v) is 5.45. The third-order valence-corrected chi connectivity index (χ3v) is 3.32. The normalized spacial score (nSPS) is 10.0. The Morgan fingerprint density at radius 3 is 2.61 bits per heavy atom. The summed E-state index contributed by atoms with van der Waals surface area (Å²) in [5.41, 5.74) is 4.23. The van der Waals surface area contributed by atoms with Gasteiger partial charge in [0.25, 0.3) is 5.91 Å². The van der Waals surface area contributed by atoms with Crippen LogP contribution >= 0.6 is 15.9 Å². The van der Waals surface area contributed by atoms with Gasteiger partial charge in [-0.15, -0.1) is 0 Å². The van der Waals surface area contributed by atoms with Crippen LogP contribution in [0.15, 0.2) is 53.0 Å². The first-order valence-corrected chi connectivity index (χ1v) is 7.57. The largest absolute Gasteiger partial charge is 0.493 e. The fraction of sp³-hybridized carbons (Fsp3) is 0.125. The highest BCUT2D eigenvalue weighted by molar-refractivity contribution is 9.10. The number of carbonyl (C=O) groups is 2. The molecule has 23 heavy (non-hydrogen) atoms. The Hall–Kier alpha value is -2.41. The van der Waals surface area contributed by atoms with E-state index in [0.29, 0.717) is 5.75 Å². The van der Waals surface area contributed by atoms with Crippen molar-refractivity contribution in [1.82, 2.24) is 10.9 Å². The van der Waals surface area contributed by atoms with Crippen molar-refractivity contribution in [2.45, 2.75) is 6.42 Å². The van der Waals surface area contributed by atoms with Crippen LogP contribution in [0.2, 0.25) is 0 Å². The van der Waals surface area contributed by atoms with E-state index in [1.807, 2.05) is 12.1 Å². The number of halogens is 2. The highest BCUT2D eigenvalue weighted by Gasteiger charge is 2.11. The van der Waals surface area contributed by atoms with Crippen molar-refractivity contribution < 1.29 is 18.7 Å². The van der Waals surface area contributed by atoms with E-state index >= 15 is 0 Å². The first kappa shape index (κ1) is 17.0. The van der Waals surface area contributed by atoms with Crippen LogP contribution in [-0.4, -0.2) is 18.4 Å². The molecule has 7 heteroatoms. The predicted octanol–water partition coefficient (Wildman–Crippen LogP) is 2.82. The van der Waals surface area contributed by atoms with Crippen LogP contribution in [-0.2, 0) is 4.79 Å². The molecule has 120 valence electrons. The second kappa shape index (κ2) is 8.28. The number of hydrogen-bond donors (Lipinski definition) is 2. The van der Waals surface area contributed by atoms with Crippen LogP contribution in [0.3, 0.4) is 0 Å². The molecule has 0 aliphatic heterocycles. The number of hydrazine groups is 1. The molecule has 0 aromatic heterocycles. The molecule has 2 rings (SSSR count). The van der Waals surface area contributed by atoms with Crippen molar-refractivity contribution in [3.8, 4) is 5.75 Å². The van der Waals surface area contributed by atoms with Crippen LogP contribution in [0.5, 0.6) is 5.75 Å². The van der Waals surface area contributed by atoms with Gasteiger partial charge in [-0.1, -0.05) is 34.1 Å². The molecule has 0 bridgehead atoms. The number of carbonyl (C=O) groups excluding carboxylic acids is 2. The minimum Gasteiger partial charge on any atom is -0.493 e. The van der Waals surface area contributed by atoms with Gasteiger partial charge in [0.2, 0.25) is 5.91 Å². The van der Waals surface area contributed by atoms with Gasteiger partial charge in [0, 0.05) is 4.47 Å². The lowest BCUT2D eigenvalue weighted by molar-refractivity contribution is -0.122. The SMILES string of the molecule is O=C(CCOc1cccc(Br)c1)NNC(=O)c1ccccc1F. The topological polar surface area (TPSA) is 67.4 Å². The van der Waals surface area contributed by atoms with Crippen molar-refractivity contribution in [2.24, 2.45) is 0 Å². The maximum Gasteiger partial charge on any atom is 0.272 e. The van der Waals surface area contributed by atoms with Crippen LogP contribution in [0.4, 0.5) is 4.39 Å². The van der Waals surface area contributed by atoms with Crippen LogP contribution in [0, 0.1) is 5.82 Å². The Kier molecular flexibility index (Phi) is 6.10. The van der Waals surface area contributed by atoms with Crippen LogP contribution in [0.1, 0.15) is 16.8 Å². The Morgan fingerprint density at radius 1 is 1.09 bits per heavy atom. The molecule has 2 amide bonds. The van der Waals surface area contributed by atoms with Gasteiger partial charge in [-0.2, -0.15) is 0 Å². The Morgan fingerprint density at radius 2 is 1.87 bits per heavy atom. The number of benzene rings is 2. The summed E-state index contributed by atoms with van der Waals surface area (Å²) in [6.07, 6.45) is 0.0457. The average molecular weight is 381 g/mol. The zero-order valence-electron chi connectivity index (χ0n) is 12.0. The molecular formula is C16H14BrFN2O3. The highest BCUT2D eigenvalue weighted by atomic mass is 79.9. The van der Waals surface area contributed by atoms with Gasteiger partial charge in [-0.05, 0) is 30.3 Å². The lowest BCUT2D eigenvalue weighted by Gasteiger charge is -2.09. The van der Waals surface area contributed by atoms with E-state index < -0.39 is 17.6 Å². The minimum atomic E-state index is -0.718. The number of nitrogens with one attached hydrogen (secondary N) is 2. The highest BCUT2D eigenvalue weighted by Crippen LogP contribution is 2.17. The third-order valence-electron chi connectivity index (χ3n) is 2.83. The predicted molar refractivity (Wildman–Crippen MR) is 86.3 cm³/mol. The van der Waals surface area contributed by atoms with E-state index in [9.17, 15) is 14.0 Å². The quantitative estimate of drug-likeness (QED) is 0.783. The molecule has 0 atom stereocenters. The molecule has 0 heterocycles. The van der Waals surface area contributed by atoms with E-state index in [0.717, 1.165) is 4.47 Å². The number of hydrogen-bond acceptors (Lipinski definition) is 3. The van der Waals surface area contributed by atoms with E-state index in [-0.39, 0.29) is 18.6 Å². The van der Waals surface area contributed by atoms with Crippen molar-refractivity contribution in [3.63, 3.8) is 0 Å². The molecule has 0 saturated carbocycles. The lowest BCUT2D eigenvalue weighted by atomic mass is 10.2. The summed E-state index contributed by atoms with van der Waals surface area (Å²) in [6, 6.07) is 12.7. The maximum atomic E-state index is 13.4. The Labute approximate surface area is 140 Å². The minimum absolute atomic E-state index is 0.0457. The molecule has 2 N–H and O–H groups in total. The number of ether oxygens (including phenoxy) is 1. The molecule has 2 aromatic carbocycles. The second-order valence-electron chi connectivity index (χ2n) is 4.54. The zero-order valence-corrected chi connectivity index (χ0v) is 13.6. The van der Waals surface area contributed by atoms with E-state index in [2.05, 4.69) is 26.8 Å². The first-order valence-electron chi connectivity index (χ1n) is 6.78. The Balaban J connectivity index is 1.73. The van der Waals surface area contributed by atoms with Gasteiger partial charge in [0.05, 0.1) is 18.6 Å². The average Bonchev–Trinajstić information content (AvgIpc) is 2.53. The summed E-state index contributed by atoms with van der Waals surface area (Å²) in [4.78, 5) is 23.3. The van der Waals surface area contributed by atoms with Crippen molar-refractivity contribution in [2.75, 3.05) is 6.61 Å². The first-order chi connectivity index (χ1) is 11.1. The van der Waals surface area contributed by atoms with Gasteiger partial charge >= 0.3 is 0 Å². The molecule has 0 saturated heterocycles. The van der Waals surface area contributed by atoms with Gasteiger partial charge < -0.3 is 4.74 Å². The summed E-state index contributed by atoms with van der Waals surface area (Å²) < 4.78 is 19.7. The molecule has 0 unspecified atom stereocenters. The lowest BCUT2D eigenvalue weighted by Crippen LogP contribution is -2.42. The molecule has 0 fully saturated rings. The van der Waals surface area contributed by atoms with Crippen LogP contribution in [0.25, 0.3) is 0 Å². The van der Waals surface area contributed by atoms with Gasteiger partial charge in [-0.3, -0.25) is 20.4 Å². The van der Waals surface area contributed by atoms with Crippen LogP contribution < -0.4 is 15.6 Å². The number of amides is 2. The van der Waals surface area contributed by atoms with Gasteiger partial charge in [-0.25, -0.2) is 4.39 Å². The van der Waals surface area contributed by atoms with E-state index in [1.54, 1.807) is 12.1 Å². The summed E-state index contributed by atoms with van der Waals surface area (Å²) in [7, 11) is 0. The van der Waals surface area contributed by atoms with Crippen molar-refractivity contribution in [3.05, 3.63) is 64.4 Å². The molecule has 0 aliphatic carbocycles. The van der Waals surface area contributed by atoms with E-state index in [1.165, 1.54) is 24.3 Å². The molecule has 0 spiro atoms. The summed E-state index contributed by atoms with van der Waals surface area (Å²) in [6.45, 7) is 0.151. The standard InChI is InChI=1S/C16H14BrFN2O3/c17-11-4-3-5-12(10-11)23-9-8-15(21)19-20-16(22)13-6-1-2-7-14(13)18/h1-7,10H,8-9H2,(H,19,21)(H,20,22). The van der Waals surface area contributed by atoms with Crippen molar-refractivity contribution >= 4 is 27.7 Å². The monoisotopic (exact) mass is 380 g/mol. The third kappa shape index (κ3) is 5.37. The summed E-state index contributed by atoms with van der Waals surface area (Å²) >= 11 is 3.31. The smallest absolute Gasteiger partial charge is 0.272 e. The fourth-order valence-corrected chi connectivity index (χ4v) is 2.10. The van der Waals surface area contributed by atoms with E-state index in [4.69, 9.17) is 4.74 Å². The molecule has 5 nitrogen and oxygen atoms in total. The molecule has 0 radical (unpaired) electrons. The van der Waals surface area contributed by atoms with Crippen molar-refractivity contribution in [1.29, 1.82) is 0 Å². The zero-order chi connectivity index (χ0) is 16.7. The van der Waals surface area contributed by atoms with Gasteiger partial charge in [0.15, 0.2) is 0 Å². The Bertz CT molecular complexity index is 709. The molecule has 0 aliphatic rings. The summed E-state index contributed by atoms with van der Waals surface area (Å²) in [5.74, 6) is -1.19. The molecule has 2 aromatic rings. The summed E-state index contributed by atoms with van der Waals surface area (Å²) in [5, 5.41) is 0. The van der Waals surface area contributed by atoms with Gasteiger partial charge in [0.1, 0.15) is 11.6 Å². The molecular weight excluding hydrogens is 367 g/mol. The maximum absolute atomic E-state index is 13.4. The fourth-order valence-electron chi connectivity index (χ4n) is 1.72. The number of rotatable bonds is 5.